The van der Waals surface area contributed by atoms with E-state index in [1.165, 1.54) is 28.8 Å². The van der Waals surface area contributed by atoms with E-state index in [0.29, 0.717) is 18.0 Å². The molecular weight excluding hydrogens is 349 g/mol. The van der Waals surface area contributed by atoms with Gasteiger partial charge in [0.15, 0.2) is 11.5 Å². The lowest BCUT2D eigenvalue weighted by Crippen LogP contribution is -2.38. The van der Waals surface area contributed by atoms with Gasteiger partial charge in [0, 0.05) is 55.5 Å². The number of thiophene rings is 1. The lowest BCUT2D eigenvalue weighted by Gasteiger charge is -2.23. The van der Waals surface area contributed by atoms with Gasteiger partial charge >= 0.3 is 0 Å². The van der Waals surface area contributed by atoms with Gasteiger partial charge in [-0.3, -0.25) is 9.59 Å². The van der Waals surface area contributed by atoms with E-state index in [2.05, 4.69) is 5.16 Å². The molecule has 3 atom stereocenters. The summed E-state index contributed by atoms with van der Waals surface area (Å²) in [5, 5.41) is 14.5. The number of aromatic hydroxyl groups is 1. The van der Waals surface area contributed by atoms with Crippen LogP contribution >= 0.6 is 11.3 Å². The van der Waals surface area contributed by atoms with Crippen LogP contribution in [0, 0.1) is 11.8 Å². The number of carbonyl (C=O) groups excluding carboxylic acids is 2. The van der Waals surface area contributed by atoms with Crippen LogP contribution in [0.2, 0.25) is 0 Å². The second-order valence-corrected chi connectivity index (χ2v) is 7.34. The van der Waals surface area contributed by atoms with E-state index in [1.807, 2.05) is 0 Å². The number of carbonyl (C=O) groups is 2. The van der Waals surface area contributed by atoms with E-state index >= 15 is 0 Å². The summed E-state index contributed by atoms with van der Waals surface area (Å²) >= 11 is 1.22. The monoisotopic (exact) mass is 365 g/mol. The first-order valence-corrected chi connectivity index (χ1v) is 8.73. The zero-order chi connectivity index (χ0) is 17.7. The highest BCUT2D eigenvalue weighted by molar-refractivity contribution is 7.12. The number of hydrogen-bond donors (Lipinski definition) is 1. The third kappa shape index (κ3) is 2.68. The molecule has 0 spiro atoms. The molecule has 3 heterocycles. The number of halogens is 1. The largest absolute Gasteiger partial charge is 0.507 e. The van der Waals surface area contributed by atoms with Gasteiger partial charge in [0.05, 0.1) is 4.88 Å². The molecule has 0 radical (unpaired) electrons. The number of rotatable bonds is 4. The van der Waals surface area contributed by atoms with Crippen molar-refractivity contribution in [1.82, 2.24) is 15.0 Å². The highest BCUT2D eigenvalue weighted by atomic mass is 32.1. The van der Waals surface area contributed by atoms with Crippen molar-refractivity contribution in [2.75, 3.05) is 20.1 Å². The van der Waals surface area contributed by atoms with Crippen LogP contribution in [-0.4, -0.2) is 58.1 Å². The number of hydrogen-bond acceptors (Lipinski definition) is 6. The van der Waals surface area contributed by atoms with Crippen molar-refractivity contribution in [3.8, 4) is 5.75 Å². The molecule has 1 aliphatic heterocycles. The Morgan fingerprint density at radius 2 is 2.16 bits per heavy atom. The SMILES string of the molecule is CN(C(=O)c1cc(CF)on1)C1[C@H]2CN(C(=O)c3cc(O)cs3)C[C@@H]12. The third-order valence-electron chi connectivity index (χ3n) is 4.91. The smallest absolute Gasteiger partial charge is 0.276 e. The Morgan fingerprint density at radius 1 is 1.44 bits per heavy atom. The van der Waals surface area contributed by atoms with E-state index in [-0.39, 0.29) is 46.9 Å². The molecule has 2 amide bonds. The average Bonchev–Trinajstić information content (AvgIpc) is 3.10. The fourth-order valence-corrected chi connectivity index (χ4v) is 4.36. The van der Waals surface area contributed by atoms with Crippen molar-refractivity contribution >= 4 is 23.2 Å². The van der Waals surface area contributed by atoms with Crippen LogP contribution in [0.3, 0.4) is 0 Å². The molecule has 1 N–H and O–H groups in total. The lowest BCUT2D eigenvalue weighted by molar-refractivity contribution is 0.0710. The van der Waals surface area contributed by atoms with E-state index in [1.54, 1.807) is 16.8 Å². The Labute approximate surface area is 146 Å². The Balaban J connectivity index is 1.37. The Morgan fingerprint density at radius 3 is 2.72 bits per heavy atom. The molecule has 2 fully saturated rings. The van der Waals surface area contributed by atoms with Crippen LogP contribution < -0.4 is 0 Å². The zero-order valence-corrected chi connectivity index (χ0v) is 14.2. The molecule has 7 nitrogen and oxygen atoms in total. The van der Waals surface area contributed by atoms with Crippen LogP contribution in [0.1, 0.15) is 25.9 Å². The predicted molar refractivity (Wildman–Crippen MR) is 86.1 cm³/mol. The first-order valence-electron chi connectivity index (χ1n) is 7.85. The summed E-state index contributed by atoms with van der Waals surface area (Å²) in [4.78, 5) is 28.7. The van der Waals surface area contributed by atoms with Crippen molar-refractivity contribution in [1.29, 1.82) is 0 Å². The second kappa shape index (κ2) is 5.83. The summed E-state index contributed by atoms with van der Waals surface area (Å²) in [5.41, 5.74) is 0.0992. The first-order chi connectivity index (χ1) is 12.0. The topological polar surface area (TPSA) is 86.9 Å². The number of likely N-dealkylation sites (tertiary alicyclic amines) is 1. The van der Waals surface area contributed by atoms with Gasteiger partial charge in [-0.05, 0) is 0 Å². The van der Waals surface area contributed by atoms with Crippen molar-refractivity contribution in [3.63, 3.8) is 0 Å². The summed E-state index contributed by atoms with van der Waals surface area (Å²) < 4.78 is 17.2. The highest BCUT2D eigenvalue weighted by Crippen LogP contribution is 2.49. The van der Waals surface area contributed by atoms with Crippen LogP contribution in [0.4, 0.5) is 4.39 Å². The number of amides is 2. The Hall–Kier alpha value is -2.42. The van der Waals surface area contributed by atoms with Crippen LogP contribution in [0.5, 0.6) is 5.75 Å². The number of nitrogens with zero attached hydrogens (tertiary/aromatic N) is 3. The van der Waals surface area contributed by atoms with Crippen LogP contribution in [0.15, 0.2) is 22.0 Å². The molecule has 1 saturated heterocycles. The van der Waals surface area contributed by atoms with Gasteiger partial charge in [0.2, 0.25) is 0 Å². The normalized spacial score (nSPS) is 24.2. The molecule has 2 aliphatic rings. The number of alkyl halides is 1. The molecule has 25 heavy (non-hydrogen) atoms. The standard InChI is InChI=1S/C16H16FN3O4S/c1-19(15(22)12-3-9(4-17)24-18-12)14-10-5-20(6-11(10)14)16(23)13-2-8(21)7-25-13/h2-3,7,10-11,14,21H,4-6H2,1H3/t10-,11+,14?. The van der Waals surface area contributed by atoms with Gasteiger partial charge in [-0.1, -0.05) is 5.16 Å². The van der Waals surface area contributed by atoms with Crippen molar-refractivity contribution < 1.29 is 23.6 Å². The molecular formula is C16H16FN3O4S. The molecule has 0 aromatic carbocycles. The molecule has 1 aliphatic carbocycles. The molecule has 4 rings (SSSR count). The third-order valence-corrected chi connectivity index (χ3v) is 5.82. The van der Waals surface area contributed by atoms with Gasteiger partial charge < -0.3 is 19.4 Å². The molecule has 1 unspecified atom stereocenters. The summed E-state index contributed by atoms with van der Waals surface area (Å²) in [6, 6.07) is 2.84. The van der Waals surface area contributed by atoms with E-state index < -0.39 is 6.67 Å². The molecule has 2 aromatic heterocycles. The van der Waals surface area contributed by atoms with Gasteiger partial charge in [0.1, 0.15) is 12.4 Å². The maximum atomic E-state index is 12.5. The maximum absolute atomic E-state index is 12.5. The molecule has 9 heteroatoms. The molecule has 0 bridgehead atoms. The summed E-state index contributed by atoms with van der Waals surface area (Å²) in [5.74, 6) is 0.209. The fraction of sp³-hybridized carbons (Fsp3) is 0.438. The van der Waals surface area contributed by atoms with E-state index in [4.69, 9.17) is 4.52 Å². The second-order valence-electron chi connectivity index (χ2n) is 6.43. The minimum atomic E-state index is -0.798. The van der Waals surface area contributed by atoms with Crippen molar-refractivity contribution in [2.24, 2.45) is 11.8 Å². The fourth-order valence-electron chi connectivity index (χ4n) is 3.62. The van der Waals surface area contributed by atoms with Crippen LogP contribution in [-0.2, 0) is 6.67 Å². The summed E-state index contributed by atoms with van der Waals surface area (Å²) in [6.45, 7) is 0.367. The van der Waals surface area contributed by atoms with Gasteiger partial charge in [-0.2, -0.15) is 0 Å². The average molecular weight is 365 g/mol. The molecule has 1 saturated carbocycles. The minimum Gasteiger partial charge on any atom is -0.507 e. The summed E-state index contributed by atoms with van der Waals surface area (Å²) in [7, 11) is 1.69. The Bertz CT molecular complexity index is 823. The van der Waals surface area contributed by atoms with Gasteiger partial charge in [-0.15, -0.1) is 11.3 Å². The predicted octanol–water partition coefficient (Wildman–Crippen LogP) is 1.75. The Kier molecular flexibility index (Phi) is 3.75. The highest BCUT2D eigenvalue weighted by Gasteiger charge is 2.59. The minimum absolute atomic E-state index is 0.0312. The maximum Gasteiger partial charge on any atom is 0.276 e. The van der Waals surface area contributed by atoms with Gasteiger partial charge in [-0.25, -0.2) is 4.39 Å². The number of aromatic nitrogens is 1. The van der Waals surface area contributed by atoms with Crippen LogP contribution in [0.25, 0.3) is 0 Å². The van der Waals surface area contributed by atoms with Gasteiger partial charge in [0.25, 0.3) is 11.8 Å². The quantitative estimate of drug-likeness (QED) is 0.892. The van der Waals surface area contributed by atoms with Crippen molar-refractivity contribution in [3.05, 3.63) is 33.8 Å². The van der Waals surface area contributed by atoms with E-state index in [9.17, 15) is 19.1 Å². The number of piperidine rings is 1. The zero-order valence-electron chi connectivity index (χ0n) is 13.4. The molecule has 132 valence electrons. The number of fused-ring (bicyclic) bond motifs is 1. The molecule has 2 aromatic rings. The summed E-state index contributed by atoms with van der Waals surface area (Å²) in [6.07, 6.45) is 0. The van der Waals surface area contributed by atoms with Crippen molar-refractivity contribution in [2.45, 2.75) is 12.7 Å². The first kappa shape index (κ1) is 16.1. The lowest BCUT2D eigenvalue weighted by atomic mass is 10.3. The van der Waals surface area contributed by atoms with E-state index in [0.717, 1.165) is 0 Å².